The molecule has 0 spiro atoms. The predicted octanol–water partition coefficient (Wildman–Crippen LogP) is 5.81. The molecular weight excluding hydrogens is 604 g/mol. The van der Waals surface area contributed by atoms with Gasteiger partial charge in [-0.2, -0.15) is 10.2 Å². The van der Waals surface area contributed by atoms with Gasteiger partial charge in [0.1, 0.15) is 24.5 Å². The second kappa shape index (κ2) is 12.4. The van der Waals surface area contributed by atoms with Crippen molar-refractivity contribution in [2.24, 2.45) is 0 Å². The molecule has 13 heteroatoms. The molecule has 2 amide bonds. The Morgan fingerprint density at radius 2 is 1.82 bits per heavy atom. The Hall–Kier alpha value is -5.23. The zero-order valence-electron chi connectivity index (χ0n) is 23.9. The van der Waals surface area contributed by atoms with Gasteiger partial charge in [-0.1, -0.05) is 41.9 Å². The minimum atomic E-state index is -1.46. The van der Waals surface area contributed by atoms with Crippen LogP contribution in [0.1, 0.15) is 23.8 Å². The largest absolute Gasteiger partial charge is 0.339 e. The number of aromatic nitrogens is 4. The van der Waals surface area contributed by atoms with E-state index < -0.39 is 29.8 Å². The number of likely N-dealkylation sites (tertiary alicyclic amines) is 1. The van der Waals surface area contributed by atoms with E-state index in [4.69, 9.17) is 11.6 Å². The van der Waals surface area contributed by atoms with Gasteiger partial charge in [-0.3, -0.25) is 19.1 Å². The first kappa shape index (κ1) is 29.8. The second-order valence-corrected chi connectivity index (χ2v) is 11.0. The van der Waals surface area contributed by atoms with Gasteiger partial charge in [0.25, 0.3) is 0 Å². The van der Waals surface area contributed by atoms with Gasteiger partial charge in [0, 0.05) is 46.8 Å². The molecule has 0 bridgehead atoms. The number of nitrogens with zero attached hydrogens (tertiary/aromatic N) is 5. The molecule has 6 rings (SSSR count). The fourth-order valence-electron chi connectivity index (χ4n) is 5.41. The summed E-state index contributed by atoms with van der Waals surface area (Å²) >= 11 is 6.25. The molecule has 228 valence electrons. The highest BCUT2D eigenvalue weighted by Crippen LogP contribution is 2.33. The molecule has 0 aliphatic carbocycles. The van der Waals surface area contributed by atoms with Gasteiger partial charge in [0.05, 0.1) is 17.7 Å². The van der Waals surface area contributed by atoms with E-state index in [1.54, 1.807) is 66.9 Å². The minimum absolute atomic E-state index is 0.123. The molecule has 2 atom stereocenters. The average molecular weight is 630 g/mol. The Bertz CT molecular complexity index is 1940. The van der Waals surface area contributed by atoms with Crippen LogP contribution in [0.25, 0.3) is 22.0 Å². The van der Waals surface area contributed by atoms with Gasteiger partial charge >= 0.3 is 0 Å². The van der Waals surface area contributed by atoms with Gasteiger partial charge in [0.2, 0.25) is 11.8 Å². The molecule has 2 N–H and O–H groups in total. The number of hydrogen-bond donors (Lipinski definition) is 2. The summed E-state index contributed by atoms with van der Waals surface area (Å²) in [4.78, 5) is 40.4. The number of carbonyl (C=O) groups excluding carboxylic acids is 3. The van der Waals surface area contributed by atoms with Crippen LogP contribution in [0.3, 0.4) is 0 Å². The van der Waals surface area contributed by atoms with E-state index in [9.17, 15) is 18.8 Å². The number of hydrogen-bond acceptors (Lipinski definition) is 7. The molecule has 3 heterocycles. The quantitative estimate of drug-likeness (QED) is 0.208. The van der Waals surface area contributed by atoms with Gasteiger partial charge < -0.3 is 15.5 Å². The summed E-state index contributed by atoms with van der Waals surface area (Å²) in [6.45, 7) is 0.697. The Labute approximate surface area is 261 Å². The van der Waals surface area contributed by atoms with Crippen LogP contribution >= 0.6 is 11.6 Å². The van der Waals surface area contributed by atoms with Crippen molar-refractivity contribution in [3.05, 3.63) is 95.5 Å². The van der Waals surface area contributed by atoms with Crippen LogP contribution in [0, 0.1) is 5.82 Å². The first-order valence-electron chi connectivity index (χ1n) is 14.0. The topological polar surface area (TPSA) is 122 Å². The second-order valence-electron chi connectivity index (χ2n) is 10.6. The predicted molar refractivity (Wildman–Crippen MR) is 166 cm³/mol. The van der Waals surface area contributed by atoms with Crippen molar-refractivity contribution in [3.63, 3.8) is 0 Å². The number of amides is 2. The molecule has 10 nitrogen and oxygen atoms in total. The Morgan fingerprint density at radius 1 is 1.02 bits per heavy atom. The Balaban J connectivity index is 1.23. The fourth-order valence-corrected chi connectivity index (χ4v) is 5.65. The maximum atomic E-state index is 15.5. The van der Waals surface area contributed by atoms with Crippen LogP contribution in [0.2, 0.25) is 5.02 Å². The SMILES string of the molecule is CC(=O)c1nn(CC(=O)N2C[C@H](F)C[C@H]2C(=O)Nc2cccc(-c3ccccc3Cl)c2F)c2ccc(Nc3cccnn3)cc12. The highest BCUT2D eigenvalue weighted by atomic mass is 35.5. The zero-order valence-corrected chi connectivity index (χ0v) is 24.6. The molecule has 5 aromatic rings. The third-order valence-corrected chi connectivity index (χ3v) is 7.84. The number of alkyl halides is 1. The van der Waals surface area contributed by atoms with Gasteiger partial charge in [-0.25, -0.2) is 8.78 Å². The van der Waals surface area contributed by atoms with Crippen LogP contribution in [0.15, 0.2) is 79.0 Å². The fraction of sp³-hybridized carbons (Fsp3) is 0.188. The maximum Gasteiger partial charge on any atom is 0.247 e. The number of carbonyl (C=O) groups is 3. The number of nitrogens with one attached hydrogen (secondary N) is 2. The first-order valence-corrected chi connectivity index (χ1v) is 14.4. The number of halogens is 3. The minimum Gasteiger partial charge on any atom is -0.339 e. The number of ketones is 1. The summed E-state index contributed by atoms with van der Waals surface area (Å²) in [5.41, 5.74) is 1.77. The highest BCUT2D eigenvalue weighted by molar-refractivity contribution is 6.33. The van der Waals surface area contributed by atoms with E-state index in [0.717, 1.165) is 4.90 Å². The van der Waals surface area contributed by atoms with E-state index in [1.165, 1.54) is 23.7 Å². The highest BCUT2D eigenvalue weighted by Gasteiger charge is 2.40. The summed E-state index contributed by atoms with van der Waals surface area (Å²) < 4.78 is 31.5. The third kappa shape index (κ3) is 6.09. The molecule has 1 aliphatic heterocycles. The molecule has 2 aromatic heterocycles. The normalized spacial score (nSPS) is 16.1. The lowest BCUT2D eigenvalue weighted by Gasteiger charge is -2.24. The molecule has 0 unspecified atom stereocenters. The van der Waals surface area contributed by atoms with Crippen LogP contribution in [0.5, 0.6) is 0 Å². The van der Waals surface area contributed by atoms with Crippen molar-refractivity contribution in [2.45, 2.75) is 32.1 Å². The van der Waals surface area contributed by atoms with Crippen molar-refractivity contribution in [1.82, 2.24) is 24.9 Å². The molecule has 3 aromatic carbocycles. The Morgan fingerprint density at radius 3 is 2.58 bits per heavy atom. The summed E-state index contributed by atoms with van der Waals surface area (Å²) in [5.74, 6) is -1.83. The number of Topliss-reactive ketones (excluding diaryl/α,β-unsaturated/α-hetero) is 1. The summed E-state index contributed by atoms with van der Waals surface area (Å²) in [5, 5.41) is 18.7. The first-order chi connectivity index (χ1) is 21.7. The van der Waals surface area contributed by atoms with Crippen molar-refractivity contribution in [2.75, 3.05) is 17.2 Å². The molecule has 1 aliphatic rings. The number of fused-ring (bicyclic) bond motifs is 1. The maximum absolute atomic E-state index is 15.5. The van der Waals surface area contributed by atoms with Crippen LogP contribution in [0.4, 0.5) is 26.0 Å². The van der Waals surface area contributed by atoms with E-state index in [2.05, 4.69) is 25.9 Å². The van der Waals surface area contributed by atoms with E-state index >= 15 is 4.39 Å². The van der Waals surface area contributed by atoms with Crippen molar-refractivity contribution < 1.29 is 23.2 Å². The number of anilines is 3. The lowest BCUT2D eigenvalue weighted by molar-refractivity contribution is -0.137. The number of benzene rings is 3. The smallest absolute Gasteiger partial charge is 0.247 e. The molecule has 1 saturated heterocycles. The third-order valence-electron chi connectivity index (χ3n) is 7.51. The summed E-state index contributed by atoms with van der Waals surface area (Å²) in [6, 6.07) is 18.6. The number of rotatable bonds is 8. The lowest BCUT2D eigenvalue weighted by Crippen LogP contribution is -2.44. The van der Waals surface area contributed by atoms with Gasteiger partial charge in [-0.05, 0) is 42.5 Å². The molecule has 0 saturated carbocycles. The molecular formula is C32H26ClF2N7O3. The van der Waals surface area contributed by atoms with Crippen LogP contribution in [-0.4, -0.2) is 61.2 Å². The van der Waals surface area contributed by atoms with E-state index in [0.29, 0.717) is 33.0 Å². The summed E-state index contributed by atoms with van der Waals surface area (Å²) in [6.07, 6.45) is -0.165. The van der Waals surface area contributed by atoms with Crippen molar-refractivity contribution in [1.29, 1.82) is 0 Å². The van der Waals surface area contributed by atoms with E-state index in [-0.39, 0.29) is 42.2 Å². The van der Waals surface area contributed by atoms with Crippen LogP contribution in [-0.2, 0) is 16.1 Å². The molecule has 1 fully saturated rings. The van der Waals surface area contributed by atoms with Gasteiger partial charge in [0.15, 0.2) is 17.4 Å². The van der Waals surface area contributed by atoms with Crippen LogP contribution < -0.4 is 10.6 Å². The lowest BCUT2D eigenvalue weighted by atomic mass is 10.0. The van der Waals surface area contributed by atoms with E-state index in [1.807, 2.05) is 0 Å². The summed E-state index contributed by atoms with van der Waals surface area (Å²) in [7, 11) is 0. The molecule has 0 radical (unpaired) electrons. The zero-order chi connectivity index (χ0) is 31.7. The average Bonchev–Trinajstić information content (AvgIpc) is 3.59. The van der Waals surface area contributed by atoms with Crippen molar-refractivity contribution in [3.8, 4) is 11.1 Å². The van der Waals surface area contributed by atoms with Crippen molar-refractivity contribution >= 4 is 57.3 Å². The Kier molecular flexibility index (Phi) is 8.22. The molecule has 45 heavy (non-hydrogen) atoms. The van der Waals surface area contributed by atoms with Gasteiger partial charge in [-0.15, -0.1) is 5.10 Å². The monoisotopic (exact) mass is 629 g/mol. The standard InChI is InChI=1S/C32H26ClF2N7O3/c1-18(43)31-23-15-20(37-28-10-5-13-36-39-28)11-12-26(23)42(40-31)17-29(44)41-16-19(34)14-27(41)32(45)38-25-9-4-7-22(30(25)35)21-6-2-3-8-24(21)33/h2-13,15,19,27H,14,16-17H2,1H3,(H,37,39)(H,38,45)/t19-,27+/m1/s1.